The van der Waals surface area contributed by atoms with E-state index in [1.54, 1.807) is 0 Å². The number of aldehydes is 1. The lowest BCUT2D eigenvalue weighted by Gasteiger charge is -2.13. The van der Waals surface area contributed by atoms with Gasteiger partial charge in [0.05, 0.1) is 21.2 Å². The van der Waals surface area contributed by atoms with Gasteiger partial charge in [-0.05, 0) is 6.07 Å². The molecule has 1 rings (SSSR count). The molecule has 0 aliphatic rings. The summed E-state index contributed by atoms with van der Waals surface area (Å²) in [5, 5.41) is 21.4. The lowest BCUT2D eigenvalue weighted by molar-refractivity contribution is -0.394. The van der Waals surface area contributed by atoms with Crippen molar-refractivity contribution >= 4 is 39.2 Å². The number of nitrogens with two attached hydrogens (primary N) is 1. The average Bonchev–Trinajstić information content (AvgIpc) is 2.47. The van der Waals surface area contributed by atoms with Crippen LogP contribution < -0.4 is 5.73 Å². The quantitative estimate of drug-likeness (QED) is 0.240. The summed E-state index contributed by atoms with van der Waals surface area (Å²) in [6.07, 6.45) is 1.18. The summed E-state index contributed by atoms with van der Waals surface area (Å²) in [6, 6.07) is 3.53. The lowest BCUT2D eigenvalue weighted by Crippen LogP contribution is -2.11. The zero-order chi connectivity index (χ0) is 15.8. The number of benzene rings is 1. The Balaban J connectivity index is 2.99. The molecule has 0 aromatic heterocycles. The van der Waals surface area contributed by atoms with Crippen LogP contribution in [0.2, 0.25) is 0 Å². The summed E-state index contributed by atoms with van der Waals surface area (Å²) in [4.78, 5) is 30.7. The van der Waals surface area contributed by atoms with Crippen molar-refractivity contribution < 1.29 is 14.6 Å². The number of nitro groups is 2. The zero-order valence-electron chi connectivity index (χ0n) is 10.8. The molecule has 2 N–H and O–H groups in total. The third-order valence-electron chi connectivity index (χ3n) is 2.49. The van der Waals surface area contributed by atoms with E-state index in [1.165, 1.54) is 33.7 Å². The zero-order valence-corrected chi connectivity index (χ0v) is 12.5. The first-order valence-electron chi connectivity index (χ1n) is 5.86. The summed E-state index contributed by atoms with van der Waals surface area (Å²) in [7, 11) is 2.70. The molecule has 114 valence electrons. The number of hydrogen-bond acceptors (Lipinski definition) is 8. The maximum absolute atomic E-state index is 11.1. The normalized spacial score (nSPS) is 11.9. The first-order valence-corrected chi connectivity index (χ1v) is 8.24. The fourth-order valence-corrected chi connectivity index (χ4v) is 3.97. The molecule has 0 aliphatic carbocycles. The van der Waals surface area contributed by atoms with Gasteiger partial charge in [-0.1, -0.05) is 21.6 Å². The molecule has 0 radical (unpaired) electrons. The maximum atomic E-state index is 11.1. The fraction of sp³-hybridized carbons (Fsp3) is 0.364. The highest BCUT2D eigenvalue weighted by atomic mass is 33.1. The van der Waals surface area contributed by atoms with Gasteiger partial charge in [0.25, 0.3) is 11.4 Å². The Morgan fingerprint density at radius 2 is 2.00 bits per heavy atom. The van der Waals surface area contributed by atoms with E-state index in [2.05, 4.69) is 0 Å². The molecule has 1 atom stereocenters. The van der Waals surface area contributed by atoms with E-state index in [-0.39, 0.29) is 23.2 Å². The third-order valence-corrected chi connectivity index (χ3v) is 5.31. The maximum Gasteiger partial charge on any atom is 0.280 e. The van der Waals surface area contributed by atoms with Crippen LogP contribution in [0.1, 0.15) is 17.2 Å². The van der Waals surface area contributed by atoms with Crippen molar-refractivity contribution in [1.82, 2.24) is 0 Å². The van der Waals surface area contributed by atoms with Gasteiger partial charge in [-0.3, -0.25) is 20.2 Å². The highest BCUT2D eigenvalue weighted by molar-refractivity contribution is 8.76. The van der Waals surface area contributed by atoms with Crippen molar-refractivity contribution in [3.8, 4) is 0 Å². The first-order chi connectivity index (χ1) is 10.0. The van der Waals surface area contributed by atoms with E-state index in [4.69, 9.17) is 5.73 Å². The number of hydrogen-bond donors (Lipinski definition) is 1. The molecule has 1 aromatic rings. The standard InChI is InChI=1S/C11H13N3O5S2/c12-7-11(21-20-5-1-4-15)9-3-2-8(13(16)17)6-10(9)14(18)19/h2-4,6,11H,1,5,7,12H2. The lowest BCUT2D eigenvalue weighted by atomic mass is 10.1. The molecule has 1 unspecified atom stereocenters. The van der Waals surface area contributed by atoms with E-state index in [9.17, 15) is 25.0 Å². The number of non-ortho nitro benzene ring substituents is 1. The highest BCUT2D eigenvalue weighted by Gasteiger charge is 2.25. The molecule has 0 amide bonds. The van der Waals surface area contributed by atoms with Crippen LogP contribution in [0.5, 0.6) is 0 Å². The molecule has 0 heterocycles. The summed E-state index contributed by atoms with van der Waals surface area (Å²) >= 11 is 0. The van der Waals surface area contributed by atoms with Crippen LogP contribution >= 0.6 is 21.6 Å². The van der Waals surface area contributed by atoms with Gasteiger partial charge in [0, 0.05) is 30.3 Å². The van der Waals surface area contributed by atoms with Gasteiger partial charge in [-0.2, -0.15) is 0 Å². The largest absolute Gasteiger partial charge is 0.329 e. The molecule has 0 fully saturated rings. The van der Waals surface area contributed by atoms with E-state index in [0.717, 1.165) is 12.4 Å². The SMILES string of the molecule is NCC(SSCCC=O)c1ccc([N+](=O)[O-])cc1[N+](=O)[O-]. The summed E-state index contributed by atoms with van der Waals surface area (Å²) < 4.78 is 0. The van der Waals surface area contributed by atoms with E-state index in [1.807, 2.05) is 0 Å². The van der Waals surface area contributed by atoms with Crippen molar-refractivity contribution in [2.24, 2.45) is 5.73 Å². The van der Waals surface area contributed by atoms with Crippen molar-refractivity contribution in [3.63, 3.8) is 0 Å². The molecule has 0 bridgehead atoms. The number of nitrogens with zero attached hydrogens (tertiary/aromatic N) is 2. The van der Waals surface area contributed by atoms with Crippen LogP contribution in [0.3, 0.4) is 0 Å². The van der Waals surface area contributed by atoms with Gasteiger partial charge >= 0.3 is 0 Å². The Kier molecular flexibility index (Phi) is 7.12. The second-order valence-corrected chi connectivity index (χ2v) is 6.55. The minimum Gasteiger partial charge on any atom is -0.329 e. The van der Waals surface area contributed by atoms with Gasteiger partial charge in [0.1, 0.15) is 6.29 Å². The first kappa shape index (κ1) is 17.4. The average molecular weight is 331 g/mol. The topological polar surface area (TPSA) is 129 Å². The Hall–Kier alpha value is -1.65. The molecule has 0 saturated carbocycles. The van der Waals surface area contributed by atoms with Crippen LogP contribution in [-0.2, 0) is 4.79 Å². The van der Waals surface area contributed by atoms with E-state index >= 15 is 0 Å². The predicted octanol–water partition coefficient (Wildman–Crippen LogP) is 2.47. The fourth-order valence-electron chi connectivity index (χ4n) is 1.52. The molecular formula is C11H13N3O5S2. The second kappa shape index (κ2) is 8.60. The van der Waals surface area contributed by atoms with Gasteiger partial charge in [-0.15, -0.1) is 0 Å². The van der Waals surface area contributed by atoms with Gasteiger partial charge in [-0.25, -0.2) is 0 Å². The second-order valence-electron chi connectivity index (χ2n) is 3.86. The monoisotopic (exact) mass is 331 g/mol. The molecule has 21 heavy (non-hydrogen) atoms. The molecule has 10 heteroatoms. The minimum absolute atomic E-state index is 0.150. The summed E-state index contributed by atoms with van der Waals surface area (Å²) in [6.45, 7) is 0.150. The molecular weight excluding hydrogens is 318 g/mol. The van der Waals surface area contributed by atoms with Gasteiger partial charge in [0.2, 0.25) is 0 Å². The Bertz CT molecular complexity index is 541. The number of carbonyl (C=O) groups excluding carboxylic acids is 1. The van der Waals surface area contributed by atoms with Gasteiger partial charge < -0.3 is 10.5 Å². The Labute approximate surface area is 128 Å². The molecule has 0 spiro atoms. The van der Waals surface area contributed by atoms with Crippen LogP contribution in [0.15, 0.2) is 18.2 Å². The van der Waals surface area contributed by atoms with Crippen molar-refractivity contribution in [1.29, 1.82) is 0 Å². The number of rotatable bonds is 9. The van der Waals surface area contributed by atoms with E-state index in [0.29, 0.717) is 17.7 Å². The summed E-state index contributed by atoms with van der Waals surface area (Å²) in [5.74, 6) is 0.575. The molecule has 0 saturated heterocycles. The molecule has 8 nitrogen and oxygen atoms in total. The van der Waals surface area contributed by atoms with Crippen LogP contribution in [0.4, 0.5) is 11.4 Å². The van der Waals surface area contributed by atoms with Crippen molar-refractivity contribution in [3.05, 3.63) is 44.0 Å². The van der Waals surface area contributed by atoms with Crippen LogP contribution in [0, 0.1) is 20.2 Å². The Morgan fingerprint density at radius 3 is 2.52 bits per heavy atom. The van der Waals surface area contributed by atoms with Crippen molar-refractivity contribution in [2.75, 3.05) is 12.3 Å². The highest BCUT2D eigenvalue weighted by Crippen LogP contribution is 2.41. The van der Waals surface area contributed by atoms with Crippen LogP contribution in [0.25, 0.3) is 0 Å². The van der Waals surface area contributed by atoms with Crippen molar-refractivity contribution in [2.45, 2.75) is 11.7 Å². The third kappa shape index (κ3) is 4.99. The number of nitro benzene ring substituents is 2. The van der Waals surface area contributed by atoms with E-state index < -0.39 is 9.85 Å². The Morgan fingerprint density at radius 1 is 1.29 bits per heavy atom. The van der Waals surface area contributed by atoms with Gasteiger partial charge in [0.15, 0.2) is 0 Å². The molecule has 1 aromatic carbocycles. The summed E-state index contributed by atoms with van der Waals surface area (Å²) in [5.41, 5.74) is 5.32. The minimum atomic E-state index is -0.680. The predicted molar refractivity (Wildman–Crippen MR) is 82.3 cm³/mol. The smallest absolute Gasteiger partial charge is 0.280 e. The van der Waals surface area contributed by atoms with Crippen LogP contribution in [-0.4, -0.2) is 28.4 Å². The molecule has 0 aliphatic heterocycles. The number of carbonyl (C=O) groups is 1.